The molecule has 8 heteroatoms. The van der Waals surface area contributed by atoms with Gasteiger partial charge in [0.05, 0.1) is 43.7 Å². The molecule has 1 fully saturated rings. The lowest BCUT2D eigenvalue weighted by Gasteiger charge is -2.27. The van der Waals surface area contributed by atoms with Gasteiger partial charge < -0.3 is 14.1 Å². The van der Waals surface area contributed by atoms with Crippen molar-refractivity contribution in [2.24, 2.45) is 0 Å². The van der Waals surface area contributed by atoms with Gasteiger partial charge in [-0.2, -0.15) is 5.26 Å². The quantitative estimate of drug-likeness (QED) is 0.558. The van der Waals surface area contributed by atoms with E-state index in [1.165, 1.54) is 42.5 Å². The normalized spacial score (nSPS) is 15.5. The van der Waals surface area contributed by atoms with E-state index < -0.39 is 23.8 Å². The Balaban J connectivity index is 1.67. The molecule has 0 radical (unpaired) electrons. The molecule has 1 aromatic heterocycles. The zero-order chi connectivity index (χ0) is 22.7. The van der Waals surface area contributed by atoms with Gasteiger partial charge in [-0.15, -0.1) is 0 Å². The number of nitrogens with zero attached hydrogens (tertiary/aromatic N) is 3. The van der Waals surface area contributed by atoms with E-state index in [-0.39, 0.29) is 13.0 Å². The van der Waals surface area contributed by atoms with Gasteiger partial charge >= 0.3 is 0 Å². The minimum absolute atomic E-state index is 0.0218. The highest BCUT2D eigenvalue weighted by molar-refractivity contribution is 6.23. The van der Waals surface area contributed by atoms with Crippen LogP contribution >= 0.6 is 0 Å². The van der Waals surface area contributed by atoms with Gasteiger partial charge in [0.25, 0.3) is 11.8 Å². The predicted octanol–water partition coefficient (Wildman–Crippen LogP) is 3.13. The van der Waals surface area contributed by atoms with Crippen molar-refractivity contribution >= 4 is 23.4 Å². The van der Waals surface area contributed by atoms with Crippen LogP contribution in [0.1, 0.15) is 28.1 Å². The Labute approximate surface area is 184 Å². The van der Waals surface area contributed by atoms with Crippen LogP contribution in [0.4, 0.5) is 5.69 Å². The van der Waals surface area contributed by atoms with Gasteiger partial charge in [0, 0.05) is 5.56 Å². The Bertz CT molecular complexity index is 1200. The van der Waals surface area contributed by atoms with Crippen molar-refractivity contribution in [2.75, 3.05) is 12.0 Å². The number of imide groups is 1. The maximum atomic E-state index is 13.4. The van der Waals surface area contributed by atoms with E-state index in [9.17, 15) is 14.4 Å². The minimum atomic E-state index is -0.998. The number of carbonyl (C=O) groups is 3. The number of rotatable bonds is 6. The van der Waals surface area contributed by atoms with E-state index in [1.807, 2.05) is 6.07 Å². The van der Waals surface area contributed by atoms with Crippen LogP contribution in [0.5, 0.6) is 5.75 Å². The molecule has 0 spiro atoms. The monoisotopic (exact) mass is 429 g/mol. The van der Waals surface area contributed by atoms with E-state index in [0.717, 1.165) is 4.90 Å². The van der Waals surface area contributed by atoms with E-state index >= 15 is 0 Å². The number of hydrogen-bond acceptors (Lipinski definition) is 6. The standard InChI is InChI=1S/C24H19N3O5/c1-31-19-5-2-4-17(12-19)23(29)26(15-20-6-3-11-32-20)21-13-22(28)27(24(21)30)18-9-7-16(14-25)8-10-18/h2-12,21H,13,15H2,1H3. The van der Waals surface area contributed by atoms with Gasteiger partial charge in [0.1, 0.15) is 17.6 Å². The number of furan rings is 1. The number of nitriles is 1. The van der Waals surface area contributed by atoms with Crippen molar-refractivity contribution in [3.63, 3.8) is 0 Å². The Hall–Kier alpha value is -4.38. The molecule has 0 bridgehead atoms. The Morgan fingerprint density at radius 1 is 1.19 bits per heavy atom. The molecule has 1 atom stereocenters. The highest BCUT2D eigenvalue weighted by atomic mass is 16.5. The smallest absolute Gasteiger partial charge is 0.257 e. The average molecular weight is 429 g/mol. The van der Waals surface area contributed by atoms with Gasteiger partial charge in [-0.25, -0.2) is 4.90 Å². The fourth-order valence-corrected chi connectivity index (χ4v) is 3.63. The Kier molecular flexibility index (Phi) is 5.73. The third kappa shape index (κ3) is 3.96. The summed E-state index contributed by atoms with van der Waals surface area (Å²) < 4.78 is 10.6. The van der Waals surface area contributed by atoms with Crippen LogP contribution in [-0.2, 0) is 16.1 Å². The molecule has 1 aliphatic rings. The number of hydrogen-bond donors (Lipinski definition) is 0. The first-order valence-electron chi connectivity index (χ1n) is 9.86. The average Bonchev–Trinajstić information content (AvgIpc) is 3.44. The minimum Gasteiger partial charge on any atom is -0.497 e. The van der Waals surface area contributed by atoms with Gasteiger partial charge in [0.2, 0.25) is 5.91 Å². The first-order valence-corrected chi connectivity index (χ1v) is 9.86. The molecule has 3 aromatic rings. The largest absolute Gasteiger partial charge is 0.497 e. The zero-order valence-electron chi connectivity index (χ0n) is 17.2. The maximum absolute atomic E-state index is 13.4. The molecule has 160 valence electrons. The molecule has 1 aliphatic heterocycles. The molecule has 2 aromatic carbocycles. The number of anilines is 1. The first kappa shape index (κ1) is 20.9. The lowest BCUT2D eigenvalue weighted by Crippen LogP contribution is -2.45. The van der Waals surface area contributed by atoms with Gasteiger partial charge in [-0.05, 0) is 54.6 Å². The first-order chi connectivity index (χ1) is 15.5. The number of ether oxygens (including phenoxy) is 1. The highest BCUT2D eigenvalue weighted by Gasteiger charge is 2.44. The van der Waals surface area contributed by atoms with Crippen LogP contribution in [0.3, 0.4) is 0 Å². The van der Waals surface area contributed by atoms with Crippen LogP contribution in [0.2, 0.25) is 0 Å². The molecule has 1 saturated heterocycles. The van der Waals surface area contributed by atoms with Gasteiger partial charge in [-0.3, -0.25) is 14.4 Å². The lowest BCUT2D eigenvalue weighted by molar-refractivity contribution is -0.122. The highest BCUT2D eigenvalue weighted by Crippen LogP contribution is 2.28. The summed E-state index contributed by atoms with van der Waals surface area (Å²) in [5.41, 5.74) is 1.10. The van der Waals surface area contributed by atoms with Crippen LogP contribution in [0.25, 0.3) is 0 Å². The van der Waals surface area contributed by atoms with Crippen LogP contribution < -0.4 is 9.64 Å². The van der Waals surface area contributed by atoms with E-state index in [0.29, 0.717) is 28.3 Å². The molecule has 3 amide bonds. The molecule has 8 nitrogen and oxygen atoms in total. The lowest BCUT2D eigenvalue weighted by atomic mass is 10.1. The Morgan fingerprint density at radius 2 is 1.97 bits per heavy atom. The summed E-state index contributed by atoms with van der Waals surface area (Å²) in [6, 6.07) is 17.1. The fourth-order valence-electron chi connectivity index (χ4n) is 3.63. The van der Waals surface area contributed by atoms with Crippen LogP contribution in [0.15, 0.2) is 71.3 Å². The molecule has 0 aliphatic carbocycles. The van der Waals surface area contributed by atoms with E-state index in [2.05, 4.69) is 0 Å². The summed E-state index contributed by atoms with van der Waals surface area (Å²) in [5.74, 6) is -0.372. The molecular weight excluding hydrogens is 410 g/mol. The second-order valence-corrected chi connectivity index (χ2v) is 7.19. The molecular formula is C24H19N3O5. The molecule has 1 unspecified atom stereocenters. The third-order valence-corrected chi connectivity index (χ3v) is 5.24. The molecule has 2 heterocycles. The fraction of sp³-hybridized carbons (Fsp3) is 0.167. The molecule has 32 heavy (non-hydrogen) atoms. The summed E-state index contributed by atoms with van der Waals surface area (Å²) in [6.45, 7) is 0.0218. The van der Waals surface area contributed by atoms with Crippen molar-refractivity contribution in [1.82, 2.24) is 4.90 Å². The number of carbonyl (C=O) groups excluding carboxylic acids is 3. The SMILES string of the molecule is COc1cccc(C(=O)N(Cc2ccco2)C2CC(=O)N(c3ccc(C#N)cc3)C2=O)c1. The molecule has 4 rings (SSSR count). The second kappa shape index (κ2) is 8.78. The number of amides is 3. The predicted molar refractivity (Wildman–Crippen MR) is 114 cm³/mol. The van der Waals surface area contributed by atoms with Crippen LogP contribution in [-0.4, -0.2) is 35.8 Å². The van der Waals surface area contributed by atoms with Gasteiger partial charge in [0.15, 0.2) is 0 Å². The van der Waals surface area contributed by atoms with Crippen molar-refractivity contribution in [1.29, 1.82) is 5.26 Å². The van der Waals surface area contributed by atoms with Crippen molar-refractivity contribution in [2.45, 2.75) is 19.0 Å². The zero-order valence-corrected chi connectivity index (χ0v) is 17.2. The Morgan fingerprint density at radius 3 is 2.62 bits per heavy atom. The van der Waals surface area contributed by atoms with E-state index in [1.54, 1.807) is 36.4 Å². The van der Waals surface area contributed by atoms with Gasteiger partial charge in [-0.1, -0.05) is 6.07 Å². The van der Waals surface area contributed by atoms with E-state index in [4.69, 9.17) is 14.4 Å². The second-order valence-electron chi connectivity index (χ2n) is 7.19. The summed E-state index contributed by atoms with van der Waals surface area (Å²) in [5, 5.41) is 8.98. The summed E-state index contributed by atoms with van der Waals surface area (Å²) in [6.07, 6.45) is 1.32. The van der Waals surface area contributed by atoms with Crippen molar-refractivity contribution in [3.8, 4) is 11.8 Å². The van der Waals surface area contributed by atoms with Crippen molar-refractivity contribution in [3.05, 3.63) is 83.8 Å². The number of benzene rings is 2. The van der Waals surface area contributed by atoms with Crippen molar-refractivity contribution < 1.29 is 23.5 Å². The van der Waals surface area contributed by atoms with Crippen LogP contribution in [0, 0.1) is 11.3 Å². The third-order valence-electron chi connectivity index (χ3n) is 5.24. The summed E-state index contributed by atoms with van der Waals surface area (Å²) >= 11 is 0. The number of methoxy groups -OCH3 is 1. The molecule has 0 saturated carbocycles. The summed E-state index contributed by atoms with van der Waals surface area (Å²) in [7, 11) is 1.50. The maximum Gasteiger partial charge on any atom is 0.257 e. The summed E-state index contributed by atoms with van der Waals surface area (Å²) in [4.78, 5) is 41.9. The topological polar surface area (TPSA) is 104 Å². The molecule has 0 N–H and O–H groups in total.